The fourth-order valence-electron chi connectivity index (χ4n) is 2.23. The van der Waals surface area contributed by atoms with Crippen molar-refractivity contribution in [1.29, 1.82) is 0 Å². The normalized spacial score (nSPS) is 13.3. The van der Waals surface area contributed by atoms with Crippen molar-refractivity contribution in [3.05, 3.63) is 35.6 Å². The van der Waals surface area contributed by atoms with Gasteiger partial charge in [-0.1, -0.05) is 32.0 Å². The zero-order chi connectivity index (χ0) is 15.0. The van der Waals surface area contributed by atoms with Gasteiger partial charge in [-0.05, 0) is 31.0 Å². The predicted octanol–water partition coefficient (Wildman–Crippen LogP) is 2.73. The van der Waals surface area contributed by atoms with E-state index in [1.54, 1.807) is 18.2 Å². The molecular formula is C15H24FNO2S. The van der Waals surface area contributed by atoms with Gasteiger partial charge < -0.3 is 5.32 Å². The van der Waals surface area contributed by atoms with Gasteiger partial charge >= 0.3 is 0 Å². The number of sulfone groups is 1. The van der Waals surface area contributed by atoms with E-state index in [1.807, 2.05) is 13.8 Å². The van der Waals surface area contributed by atoms with Gasteiger partial charge in [0.05, 0.1) is 5.75 Å². The highest BCUT2D eigenvalue weighted by atomic mass is 32.2. The Hall–Kier alpha value is -0.940. The Morgan fingerprint density at radius 2 is 1.90 bits per heavy atom. The van der Waals surface area contributed by atoms with Crippen LogP contribution in [0.1, 0.15) is 38.2 Å². The molecule has 0 aliphatic rings. The van der Waals surface area contributed by atoms with Gasteiger partial charge in [0.15, 0.2) is 0 Å². The lowest BCUT2D eigenvalue weighted by molar-refractivity contribution is 0.531. The highest BCUT2D eigenvalue weighted by Crippen LogP contribution is 2.22. The second-order valence-electron chi connectivity index (χ2n) is 4.97. The topological polar surface area (TPSA) is 46.2 Å². The van der Waals surface area contributed by atoms with Gasteiger partial charge in [0.25, 0.3) is 0 Å². The first-order chi connectivity index (χ1) is 9.50. The van der Waals surface area contributed by atoms with Gasteiger partial charge in [0.2, 0.25) is 0 Å². The molecule has 0 spiro atoms. The summed E-state index contributed by atoms with van der Waals surface area (Å²) in [5.74, 6) is -0.0465. The zero-order valence-corrected chi connectivity index (χ0v) is 13.0. The number of halogens is 1. The van der Waals surface area contributed by atoms with E-state index < -0.39 is 9.84 Å². The molecule has 1 aromatic rings. The highest BCUT2D eigenvalue weighted by Gasteiger charge is 2.18. The van der Waals surface area contributed by atoms with Gasteiger partial charge in [-0.3, -0.25) is 0 Å². The van der Waals surface area contributed by atoms with Gasteiger partial charge in [-0.25, -0.2) is 12.8 Å². The molecule has 0 radical (unpaired) electrons. The first-order valence-electron chi connectivity index (χ1n) is 7.15. The molecule has 1 rings (SSSR count). The summed E-state index contributed by atoms with van der Waals surface area (Å²) in [6.45, 7) is 5.21. The minimum atomic E-state index is -3.02. The lowest BCUT2D eigenvalue weighted by Crippen LogP contribution is -2.24. The molecule has 1 unspecified atom stereocenters. The van der Waals surface area contributed by atoms with Crippen molar-refractivity contribution in [2.24, 2.45) is 0 Å². The summed E-state index contributed by atoms with van der Waals surface area (Å²) in [5, 5.41) is 3.18. The molecular weight excluding hydrogens is 277 g/mol. The largest absolute Gasteiger partial charge is 0.316 e. The molecule has 1 N–H and O–H groups in total. The summed E-state index contributed by atoms with van der Waals surface area (Å²) in [6.07, 6.45) is 1.08. The number of hydrogen-bond donors (Lipinski definition) is 1. The van der Waals surface area contributed by atoms with Gasteiger partial charge in [-0.15, -0.1) is 0 Å². The third-order valence-electron chi connectivity index (χ3n) is 3.28. The van der Waals surface area contributed by atoms with Crippen LogP contribution in [0, 0.1) is 5.82 Å². The van der Waals surface area contributed by atoms with Crippen LogP contribution in [0.5, 0.6) is 0 Å². The molecule has 0 amide bonds. The van der Waals surface area contributed by atoms with Crippen LogP contribution < -0.4 is 5.32 Å². The summed E-state index contributed by atoms with van der Waals surface area (Å²) in [7, 11) is -3.02. The van der Waals surface area contributed by atoms with Gasteiger partial charge in [-0.2, -0.15) is 0 Å². The maximum absolute atomic E-state index is 13.9. The Morgan fingerprint density at radius 3 is 2.50 bits per heavy atom. The molecule has 0 heterocycles. The Morgan fingerprint density at radius 1 is 1.20 bits per heavy atom. The first-order valence-corrected chi connectivity index (χ1v) is 8.97. The molecule has 1 atom stereocenters. The standard InChI is InChI=1S/C15H24FNO2S/c1-3-10-20(18,19)11-9-13(12-17-4-2)14-7-5-6-8-15(14)16/h5-8,13,17H,3-4,9-12H2,1-2H3. The third kappa shape index (κ3) is 5.59. The molecule has 114 valence electrons. The van der Waals surface area contributed by atoms with Gasteiger partial charge in [0, 0.05) is 18.2 Å². The molecule has 0 fully saturated rings. The van der Waals surface area contributed by atoms with Crippen LogP contribution in [0.3, 0.4) is 0 Å². The molecule has 5 heteroatoms. The monoisotopic (exact) mass is 301 g/mol. The molecule has 0 aromatic heterocycles. The van der Waals surface area contributed by atoms with Crippen LogP contribution in [-0.4, -0.2) is 33.0 Å². The van der Waals surface area contributed by atoms with E-state index in [4.69, 9.17) is 0 Å². The minimum absolute atomic E-state index is 0.109. The predicted molar refractivity (Wildman–Crippen MR) is 81.2 cm³/mol. The Balaban J connectivity index is 2.78. The summed E-state index contributed by atoms with van der Waals surface area (Å²) in [6, 6.07) is 6.60. The fraction of sp³-hybridized carbons (Fsp3) is 0.600. The Bertz CT molecular complexity index is 502. The number of hydrogen-bond acceptors (Lipinski definition) is 3. The number of likely N-dealkylation sites (N-methyl/N-ethyl adjacent to an activating group) is 1. The Labute approximate surface area is 121 Å². The summed E-state index contributed by atoms with van der Waals surface area (Å²) in [5.41, 5.74) is 0.597. The average Bonchev–Trinajstić information content (AvgIpc) is 2.40. The number of nitrogens with one attached hydrogen (secondary N) is 1. The van der Waals surface area contributed by atoms with Gasteiger partial charge in [0.1, 0.15) is 15.7 Å². The lowest BCUT2D eigenvalue weighted by atomic mass is 9.96. The molecule has 0 saturated carbocycles. The van der Waals surface area contributed by atoms with Crippen molar-refractivity contribution >= 4 is 9.84 Å². The van der Waals surface area contributed by atoms with Crippen LogP contribution in [0.15, 0.2) is 24.3 Å². The second-order valence-corrected chi connectivity index (χ2v) is 7.27. The van der Waals surface area contributed by atoms with E-state index in [0.717, 1.165) is 6.54 Å². The van der Waals surface area contributed by atoms with E-state index in [2.05, 4.69) is 5.32 Å². The maximum Gasteiger partial charge on any atom is 0.150 e. The summed E-state index contributed by atoms with van der Waals surface area (Å²) in [4.78, 5) is 0. The number of benzene rings is 1. The third-order valence-corrected chi connectivity index (χ3v) is 5.17. The van der Waals surface area contributed by atoms with E-state index in [-0.39, 0.29) is 23.2 Å². The molecule has 0 aliphatic heterocycles. The molecule has 3 nitrogen and oxygen atoms in total. The van der Waals surface area contributed by atoms with Crippen molar-refractivity contribution in [2.75, 3.05) is 24.6 Å². The Kier molecular flexibility index (Phi) is 7.16. The van der Waals surface area contributed by atoms with E-state index in [9.17, 15) is 12.8 Å². The lowest BCUT2D eigenvalue weighted by Gasteiger charge is -2.18. The van der Waals surface area contributed by atoms with Crippen molar-refractivity contribution < 1.29 is 12.8 Å². The summed E-state index contributed by atoms with van der Waals surface area (Å²) < 4.78 is 37.5. The average molecular weight is 301 g/mol. The second kappa shape index (κ2) is 8.37. The van der Waals surface area contributed by atoms with Crippen molar-refractivity contribution in [3.63, 3.8) is 0 Å². The highest BCUT2D eigenvalue weighted by molar-refractivity contribution is 7.91. The van der Waals surface area contributed by atoms with Crippen molar-refractivity contribution in [3.8, 4) is 0 Å². The van der Waals surface area contributed by atoms with Crippen LogP contribution in [0.2, 0.25) is 0 Å². The molecule has 20 heavy (non-hydrogen) atoms. The molecule has 0 bridgehead atoms. The van der Waals surface area contributed by atoms with Crippen molar-refractivity contribution in [1.82, 2.24) is 5.32 Å². The van der Waals surface area contributed by atoms with E-state index >= 15 is 0 Å². The zero-order valence-electron chi connectivity index (χ0n) is 12.2. The maximum atomic E-state index is 13.9. The van der Waals surface area contributed by atoms with E-state index in [1.165, 1.54) is 6.07 Å². The molecule has 0 saturated heterocycles. The SMILES string of the molecule is CCCS(=O)(=O)CCC(CNCC)c1ccccc1F. The summed E-state index contributed by atoms with van der Waals surface area (Å²) >= 11 is 0. The first kappa shape index (κ1) is 17.1. The van der Waals surface area contributed by atoms with Crippen LogP contribution in [-0.2, 0) is 9.84 Å². The van der Waals surface area contributed by atoms with E-state index in [0.29, 0.717) is 24.9 Å². The van der Waals surface area contributed by atoms with Crippen molar-refractivity contribution in [2.45, 2.75) is 32.6 Å². The van der Waals surface area contributed by atoms with Crippen LogP contribution >= 0.6 is 0 Å². The quantitative estimate of drug-likeness (QED) is 0.763. The molecule has 1 aromatic carbocycles. The smallest absolute Gasteiger partial charge is 0.150 e. The number of rotatable bonds is 9. The molecule has 0 aliphatic carbocycles. The fourth-order valence-corrected chi connectivity index (χ4v) is 3.70. The minimum Gasteiger partial charge on any atom is -0.316 e. The van der Waals surface area contributed by atoms with Crippen LogP contribution in [0.4, 0.5) is 4.39 Å². The van der Waals surface area contributed by atoms with Crippen LogP contribution in [0.25, 0.3) is 0 Å².